The van der Waals surface area contributed by atoms with Crippen molar-refractivity contribution < 1.29 is 9.59 Å². The third-order valence-electron chi connectivity index (χ3n) is 6.12. The quantitative estimate of drug-likeness (QED) is 0.614. The maximum Gasteiger partial charge on any atom is 0.274 e. The number of carbonyl (C=O) groups excluding carboxylic acids is 2. The van der Waals surface area contributed by atoms with Crippen LogP contribution in [0.25, 0.3) is 0 Å². The summed E-state index contributed by atoms with van der Waals surface area (Å²) >= 11 is 0. The number of hydrogen-bond acceptors (Lipinski definition) is 3. The van der Waals surface area contributed by atoms with E-state index in [0.29, 0.717) is 30.3 Å². The molecular weight excluding hydrogens is 400 g/mol. The molecule has 0 unspecified atom stereocenters. The molecule has 2 heterocycles. The molecule has 1 aliphatic rings. The Morgan fingerprint density at radius 1 is 0.969 bits per heavy atom. The fraction of sp³-hybridized carbons (Fsp3) is 0.346. The summed E-state index contributed by atoms with van der Waals surface area (Å²) in [6, 6.07) is 22.1. The van der Waals surface area contributed by atoms with Crippen LogP contribution in [0.3, 0.4) is 0 Å². The van der Waals surface area contributed by atoms with Gasteiger partial charge in [-0.25, -0.2) is 0 Å². The van der Waals surface area contributed by atoms with Gasteiger partial charge in [0.2, 0.25) is 5.91 Å². The second-order valence-electron chi connectivity index (χ2n) is 8.50. The molecule has 0 atom stereocenters. The number of aryl methyl sites for hydroxylation is 2. The maximum atomic E-state index is 13.0. The van der Waals surface area contributed by atoms with Crippen LogP contribution in [0.1, 0.15) is 40.9 Å². The van der Waals surface area contributed by atoms with Gasteiger partial charge in [0.25, 0.3) is 5.91 Å². The topological polar surface area (TPSA) is 67.2 Å². The van der Waals surface area contributed by atoms with Crippen LogP contribution in [0.15, 0.2) is 66.7 Å². The van der Waals surface area contributed by atoms with Gasteiger partial charge in [0.15, 0.2) is 5.69 Å². The Labute approximate surface area is 189 Å². The molecule has 0 aliphatic carbocycles. The molecule has 166 valence electrons. The van der Waals surface area contributed by atoms with E-state index in [1.807, 2.05) is 41.3 Å². The molecule has 1 aromatic heterocycles. The number of nitrogens with one attached hydrogen (secondary N) is 1. The van der Waals surface area contributed by atoms with Crippen LogP contribution in [0.5, 0.6) is 0 Å². The molecule has 4 rings (SSSR count). The first-order chi connectivity index (χ1) is 15.6. The van der Waals surface area contributed by atoms with Crippen molar-refractivity contribution in [1.82, 2.24) is 14.7 Å². The Morgan fingerprint density at radius 3 is 2.25 bits per heavy atom. The van der Waals surface area contributed by atoms with Crippen molar-refractivity contribution >= 4 is 17.6 Å². The number of carbonyl (C=O) groups is 2. The molecule has 1 aliphatic heterocycles. The van der Waals surface area contributed by atoms with E-state index >= 15 is 0 Å². The lowest BCUT2D eigenvalue weighted by Crippen LogP contribution is -2.39. The van der Waals surface area contributed by atoms with Gasteiger partial charge in [0.1, 0.15) is 5.82 Å². The highest BCUT2D eigenvalue weighted by atomic mass is 16.2. The number of likely N-dealkylation sites (tertiary alicyclic amines) is 1. The van der Waals surface area contributed by atoms with Gasteiger partial charge in [-0.15, -0.1) is 0 Å². The van der Waals surface area contributed by atoms with Gasteiger partial charge in [0.05, 0.1) is 0 Å². The van der Waals surface area contributed by atoms with Crippen LogP contribution < -0.4 is 5.32 Å². The lowest BCUT2D eigenvalue weighted by Gasteiger charge is -2.31. The standard InChI is InChI=1S/C26H30N4O2/c1-29-24(27-25(31)13-12-20-8-4-2-5-9-20)19-23(28-29)26(32)30-16-14-22(15-17-30)18-21-10-6-3-7-11-21/h2-11,19,22H,12-18H2,1H3,(H,27,31). The number of hydrogen-bond donors (Lipinski definition) is 1. The molecule has 0 radical (unpaired) electrons. The Balaban J connectivity index is 1.28. The summed E-state index contributed by atoms with van der Waals surface area (Å²) in [5.74, 6) is 0.996. The summed E-state index contributed by atoms with van der Waals surface area (Å²) in [7, 11) is 1.75. The number of amides is 2. The van der Waals surface area contributed by atoms with Gasteiger partial charge < -0.3 is 10.2 Å². The molecule has 3 aromatic rings. The third-order valence-corrected chi connectivity index (χ3v) is 6.12. The molecule has 0 saturated carbocycles. The second kappa shape index (κ2) is 10.3. The van der Waals surface area contributed by atoms with E-state index in [1.54, 1.807) is 17.8 Å². The van der Waals surface area contributed by atoms with Crippen LogP contribution in [-0.4, -0.2) is 39.6 Å². The van der Waals surface area contributed by atoms with Crippen LogP contribution >= 0.6 is 0 Å². The molecule has 0 bridgehead atoms. The zero-order valence-electron chi connectivity index (χ0n) is 18.5. The monoisotopic (exact) mass is 430 g/mol. The summed E-state index contributed by atoms with van der Waals surface area (Å²) in [4.78, 5) is 27.2. The zero-order valence-corrected chi connectivity index (χ0v) is 18.5. The Kier molecular flexibility index (Phi) is 7.00. The van der Waals surface area contributed by atoms with Gasteiger partial charge in [-0.05, 0) is 42.7 Å². The van der Waals surface area contributed by atoms with Crippen molar-refractivity contribution in [2.75, 3.05) is 18.4 Å². The highest BCUT2D eigenvalue weighted by Gasteiger charge is 2.26. The van der Waals surface area contributed by atoms with Gasteiger partial charge in [0, 0.05) is 32.6 Å². The van der Waals surface area contributed by atoms with Crippen molar-refractivity contribution in [2.24, 2.45) is 13.0 Å². The minimum atomic E-state index is -0.0856. The van der Waals surface area contributed by atoms with E-state index in [-0.39, 0.29) is 11.8 Å². The van der Waals surface area contributed by atoms with Crippen molar-refractivity contribution in [3.05, 3.63) is 83.6 Å². The number of rotatable bonds is 7. The van der Waals surface area contributed by atoms with Gasteiger partial charge in [-0.3, -0.25) is 14.3 Å². The Bertz CT molecular complexity index is 1040. The molecule has 6 nitrogen and oxygen atoms in total. The molecular formula is C26H30N4O2. The van der Waals surface area contributed by atoms with Crippen molar-refractivity contribution in [1.29, 1.82) is 0 Å². The van der Waals surface area contributed by atoms with Crippen molar-refractivity contribution in [3.8, 4) is 0 Å². The smallest absolute Gasteiger partial charge is 0.274 e. The van der Waals surface area contributed by atoms with Crippen molar-refractivity contribution in [3.63, 3.8) is 0 Å². The average molecular weight is 431 g/mol. The SMILES string of the molecule is Cn1nc(C(=O)N2CCC(Cc3ccccc3)CC2)cc1NC(=O)CCc1ccccc1. The first-order valence-electron chi connectivity index (χ1n) is 11.3. The first-order valence-corrected chi connectivity index (χ1v) is 11.3. The number of anilines is 1. The minimum Gasteiger partial charge on any atom is -0.337 e. The molecule has 2 amide bonds. The summed E-state index contributed by atoms with van der Waals surface area (Å²) < 4.78 is 1.57. The molecule has 1 saturated heterocycles. The van der Waals surface area contributed by atoms with Gasteiger partial charge in [-0.1, -0.05) is 60.7 Å². The maximum absolute atomic E-state index is 13.0. The number of piperidine rings is 1. The highest BCUT2D eigenvalue weighted by Crippen LogP contribution is 2.23. The van der Waals surface area contributed by atoms with Crippen LogP contribution in [0.4, 0.5) is 5.82 Å². The van der Waals surface area contributed by atoms with E-state index in [0.717, 1.165) is 37.9 Å². The van der Waals surface area contributed by atoms with E-state index in [2.05, 4.69) is 34.7 Å². The molecule has 6 heteroatoms. The fourth-order valence-corrected chi connectivity index (χ4v) is 4.25. The number of nitrogens with zero attached hydrogens (tertiary/aromatic N) is 3. The third kappa shape index (κ3) is 5.63. The van der Waals surface area contributed by atoms with Crippen LogP contribution in [0, 0.1) is 5.92 Å². The van der Waals surface area contributed by atoms with Crippen LogP contribution in [0.2, 0.25) is 0 Å². The predicted octanol–water partition coefficient (Wildman–Crippen LogP) is 4.09. The molecule has 32 heavy (non-hydrogen) atoms. The lowest BCUT2D eigenvalue weighted by atomic mass is 9.90. The predicted molar refractivity (Wildman–Crippen MR) is 125 cm³/mol. The summed E-state index contributed by atoms with van der Waals surface area (Å²) in [6.07, 6.45) is 4.11. The molecule has 1 fully saturated rings. The normalized spacial score (nSPS) is 14.3. The summed E-state index contributed by atoms with van der Waals surface area (Å²) in [5, 5.41) is 7.24. The zero-order chi connectivity index (χ0) is 22.3. The molecule has 2 aromatic carbocycles. The van der Waals surface area contributed by atoms with Crippen molar-refractivity contribution in [2.45, 2.75) is 32.1 Å². The Morgan fingerprint density at radius 2 is 1.59 bits per heavy atom. The average Bonchev–Trinajstić information content (AvgIpc) is 3.19. The largest absolute Gasteiger partial charge is 0.337 e. The van der Waals surface area contributed by atoms with E-state index in [9.17, 15) is 9.59 Å². The van der Waals surface area contributed by atoms with Gasteiger partial charge in [-0.2, -0.15) is 5.10 Å². The molecule has 0 spiro atoms. The summed E-state index contributed by atoms with van der Waals surface area (Å²) in [5.41, 5.74) is 2.86. The van der Waals surface area contributed by atoms with E-state index in [4.69, 9.17) is 0 Å². The second-order valence-corrected chi connectivity index (χ2v) is 8.50. The van der Waals surface area contributed by atoms with Gasteiger partial charge >= 0.3 is 0 Å². The first kappa shape index (κ1) is 21.8. The number of benzene rings is 2. The van der Waals surface area contributed by atoms with E-state index < -0.39 is 0 Å². The highest BCUT2D eigenvalue weighted by molar-refractivity contribution is 5.95. The van der Waals surface area contributed by atoms with E-state index in [1.165, 1.54) is 5.56 Å². The minimum absolute atomic E-state index is 0.0662. The molecule has 1 N–H and O–H groups in total. The van der Waals surface area contributed by atoms with Crippen LogP contribution in [-0.2, 0) is 24.7 Å². The number of aromatic nitrogens is 2. The lowest BCUT2D eigenvalue weighted by molar-refractivity contribution is -0.116. The summed E-state index contributed by atoms with van der Waals surface area (Å²) in [6.45, 7) is 1.48. The Hall–Kier alpha value is -3.41. The fourth-order valence-electron chi connectivity index (χ4n) is 4.25.